The lowest BCUT2D eigenvalue weighted by Gasteiger charge is -2.43. The van der Waals surface area contributed by atoms with Crippen LogP contribution in [0.15, 0.2) is 0 Å². The highest BCUT2D eigenvalue weighted by atomic mass is 16.5. The zero-order valence-electron chi connectivity index (χ0n) is 9.92. The molecule has 0 amide bonds. The third-order valence-corrected chi connectivity index (χ3v) is 2.94. The fourth-order valence-corrected chi connectivity index (χ4v) is 2.18. The molecular weight excluding hydrogens is 176 g/mol. The molecule has 1 heterocycles. The van der Waals surface area contributed by atoms with Crippen LogP contribution >= 0.6 is 0 Å². The number of ether oxygens (including phenoxy) is 1. The monoisotopic (exact) mass is 200 g/mol. The van der Waals surface area contributed by atoms with E-state index in [1.165, 1.54) is 0 Å². The van der Waals surface area contributed by atoms with Crippen LogP contribution in [0.1, 0.15) is 27.7 Å². The molecule has 2 N–H and O–H groups in total. The maximum atomic E-state index is 5.85. The molecule has 0 aliphatic carbocycles. The number of nitrogens with zero attached hydrogens (tertiary/aromatic N) is 1. The van der Waals surface area contributed by atoms with Gasteiger partial charge in [-0.1, -0.05) is 20.8 Å². The van der Waals surface area contributed by atoms with Gasteiger partial charge < -0.3 is 10.5 Å². The zero-order valence-corrected chi connectivity index (χ0v) is 9.92. The summed E-state index contributed by atoms with van der Waals surface area (Å²) in [5.74, 6) is 0. The van der Waals surface area contributed by atoms with Gasteiger partial charge >= 0.3 is 0 Å². The molecule has 1 aliphatic heterocycles. The first kappa shape index (κ1) is 12.0. The van der Waals surface area contributed by atoms with E-state index in [9.17, 15) is 0 Å². The first-order chi connectivity index (χ1) is 6.45. The number of morpholine rings is 1. The van der Waals surface area contributed by atoms with Crippen LogP contribution in [0.3, 0.4) is 0 Å². The second-order valence-electron chi connectivity index (χ2n) is 5.29. The number of hydrogen-bond donors (Lipinski definition) is 1. The SMILES string of the molecule is CC1CN(C(CN)C(C)(C)C)CCO1. The average molecular weight is 200 g/mol. The Morgan fingerprint density at radius 1 is 1.50 bits per heavy atom. The van der Waals surface area contributed by atoms with E-state index in [2.05, 4.69) is 32.6 Å². The minimum absolute atomic E-state index is 0.256. The second kappa shape index (κ2) is 4.60. The smallest absolute Gasteiger partial charge is 0.0674 e. The third kappa shape index (κ3) is 2.94. The lowest BCUT2D eigenvalue weighted by Crippen LogP contribution is -2.54. The number of hydrogen-bond acceptors (Lipinski definition) is 3. The van der Waals surface area contributed by atoms with Crippen LogP contribution < -0.4 is 5.73 Å². The van der Waals surface area contributed by atoms with Crippen molar-refractivity contribution in [2.45, 2.75) is 39.8 Å². The van der Waals surface area contributed by atoms with Crippen LogP contribution in [-0.4, -0.2) is 43.3 Å². The van der Waals surface area contributed by atoms with Crippen LogP contribution in [0.5, 0.6) is 0 Å². The zero-order chi connectivity index (χ0) is 10.8. The van der Waals surface area contributed by atoms with Gasteiger partial charge in [0.1, 0.15) is 0 Å². The molecule has 1 fully saturated rings. The molecule has 3 nitrogen and oxygen atoms in total. The summed E-state index contributed by atoms with van der Waals surface area (Å²) in [4.78, 5) is 2.47. The third-order valence-electron chi connectivity index (χ3n) is 2.94. The lowest BCUT2D eigenvalue weighted by atomic mass is 9.85. The van der Waals surface area contributed by atoms with E-state index in [-0.39, 0.29) is 5.41 Å². The molecule has 1 rings (SSSR count). The molecule has 2 atom stereocenters. The maximum absolute atomic E-state index is 5.85. The lowest BCUT2D eigenvalue weighted by molar-refractivity contribution is -0.0500. The Hall–Kier alpha value is -0.120. The Morgan fingerprint density at radius 3 is 2.57 bits per heavy atom. The van der Waals surface area contributed by atoms with Crippen molar-refractivity contribution in [1.29, 1.82) is 0 Å². The normalized spacial score (nSPS) is 27.6. The van der Waals surface area contributed by atoms with E-state index >= 15 is 0 Å². The van der Waals surface area contributed by atoms with Gasteiger partial charge in [-0.15, -0.1) is 0 Å². The summed E-state index contributed by atoms with van der Waals surface area (Å²) in [6.45, 7) is 12.5. The largest absolute Gasteiger partial charge is 0.376 e. The van der Waals surface area contributed by atoms with Crippen molar-refractivity contribution in [2.24, 2.45) is 11.1 Å². The molecular formula is C11H24N2O. The predicted molar refractivity (Wildman–Crippen MR) is 59.3 cm³/mol. The van der Waals surface area contributed by atoms with E-state index in [0.29, 0.717) is 12.1 Å². The molecule has 14 heavy (non-hydrogen) atoms. The first-order valence-corrected chi connectivity index (χ1v) is 5.51. The fourth-order valence-electron chi connectivity index (χ4n) is 2.18. The minimum Gasteiger partial charge on any atom is -0.376 e. The Bertz CT molecular complexity index is 177. The summed E-state index contributed by atoms with van der Waals surface area (Å²) in [6.07, 6.45) is 0.347. The molecule has 0 aromatic rings. The Labute approximate surface area is 87.6 Å². The van der Waals surface area contributed by atoms with Gasteiger partial charge in [0, 0.05) is 25.7 Å². The Morgan fingerprint density at radius 2 is 2.14 bits per heavy atom. The average Bonchev–Trinajstić information content (AvgIpc) is 2.02. The van der Waals surface area contributed by atoms with E-state index < -0.39 is 0 Å². The van der Waals surface area contributed by atoms with E-state index in [4.69, 9.17) is 10.5 Å². The molecule has 2 unspecified atom stereocenters. The maximum Gasteiger partial charge on any atom is 0.0674 e. The van der Waals surface area contributed by atoms with Crippen molar-refractivity contribution >= 4 is 0 Å². The predicted octanol–water partition coefficient (Wildman–Crippen LogP) is 1.08. The Kier molecular flexibility index (Phi) is 3.93. The van der Waals surface area contributed by atoms with Crippen molar-refractivity contribution in [2.75, 3.05) is 26.2 Å². The number of rotatable bonds is 2. The summed E-state index contributed by atoms with van der Waals surface area (Å²) in [5, 5.41) is 0. The summed E-state index contributed by atoms with van der Waals surface area (Å²) in [6, 6.07) is 0.467. The standard InChI is InChI=1S/C11H24N2O/c1-9-8-13(5-6-14-9)10(7-12)11(2,3)4/h9-10H,5-8,12H2,1-4H3. The quantitative estimate of drug-likeness (QED) is 0.725. The van der Waals surface area contributed by atoms with Gasteiger partial charge in [0.05, 0.1) is 12.7 Å². The van der Waals surface area contributed by atoms with Crippen LogP contribution in [0.25, 0.3) is 0 Å². The van der Waals surface area contributed by atoms with Crippen LogP contribution in [0.4, 0.5) is 0 Å². The van der Waals surface area contributed by atoms with Crippen molar-refractivity contribution in [3.8, 4) is 0 Å². The van der Waals surface area contributed by atoms with Gasteiger partial charge in [-0.3, -0.25) is 4.90 Å². The molecule has 3 heteroatoms. The fraction of sp³-hybridized carbons (Fsp3) is 1.00. The molecule has 0 aromatic heterocycles. The van der Waals surface area contributed by atoms with Crippen molar-refractivity contribution < 1.29 is 4.74 Å². The Balaban J connectivity index is 2.60. The van der Waals surface area contributed by atoms with Crippen molar-refractivity contribution in [3.63, 3.8) is 0 Å². The summed E-state index contributed by atoms with van der Waals surface area (Å²) >= 11 is 0. The highest BCUT2D eigenvalue weighted by molar-refractivity contribution is 4.86. The molecule has 0 saturated carbocycles. The van der Waals surface area contributed by atoms with E-state index in [1.807, 2.05) is 0 Å². The molecule has 1 aliphatic rings. The second-order valence-corrected chi connectivity index (χ2v) is 5.29. The van der Waals surface area contributed by atoms with Gasteiger partial charge in [-0.05, 0) is 12.3 Å². The van der Waals surface area contributed by atoms with Gasteiger partial charge in [-0.25, -0.2) is 0 Å². The molecule has 84 valence electrons. The van der Waals surface area contributed by atoms with Crippen LogP contribution in [-0.2, 0) is 4.74 Å². The summed E-state index contributed by atoms with van der Waals surface area (Å²) < 4.78 is 5.53. The molecule has 1 saturated heterocycles. The number of nitrogens with two attached hydrogens (primary N) is 1. The highest BCUT2D eigenvalue weighted by Gasteiger charge is 2.31. The molecule has 0 bridgehead atoms. The van der Waals surface area contributed by atoms with Gasteiger partial charge in [0.15, 0.2) is 0 Å². The van der Waals surface area contributed by atoms with Crippen LogP contribution in [0, 0.1) is 5.41 Å². The van der Waals surface area contributed by atoms with Gasteiger partial charge in [0.25, 0.3) is 0 Å². The highest BCUT2D eigenvalue weighted by Crippen LogP contribution is 2.25. The topological polar surface area (TPSA) is 38.5 Å². The van der Waals surface area contributed by atoms with Crippen molar-refractivity contribution in [3.05, 3.63) is 0 Å². The van der Waals surface area contributed by atoms with Crippen LogP contribution in [0.2, 0.25) is 0 Å². The molecule has 0 spiro atoms. The minimum atomic E-state index is 0.256. The first-order valence-electron chi connectivity index (χ1n) is 5.51. The van der Waals surface area contributed by atoms with Gasteiger partial charge in [0.2, 0.25) is 0 Å². The van der Waals surface area contributed by atoms with E-state index in [1.54, 1.807) is 0 Å². The molecule has 0 aromatic carbocycles. The van der Waals surface area contributed by atoms with Gasteiger partial charge in [-0.2, -0.15) is 0 Å². The van der Waals surface area contributed by atoms with E-state index in [0.717, 1.165) is 26.2 Å². The van der Waals surface area contributed by atoms with Crippen molar-refractivity contribution in [1.82, 2.24) is 4.90 Å². The molecule has 0 radical (unpaired) electrons. The summed E-state index contributed by atoms with van der Waals surface area (Å²) in [7, 11) is 0. The summed E-state index contributed by atoms with van der Waals surface area (Å²) in [5.41, 5.74) is 6.11.